The molecule has 2 atom stereocenters. The molecule has 2 aromatic heterocycles. The number of amides is 2. The SMILES string of the molecule is CCC(N)=CC(=Nc1cnn(CCNC)c1)NC(=O)NC1CC[C@@H](Oc2ccc(=N)n(C(=N)N3CCCCC3)c2)c2ccccc21. The van der Waals surface area contributed by atoms with Gasteiger partial charge in [0.1, 0.15) is 28.9 Å². The molecule has 7 N–H and O–H groups in total. The van der Waals surface area contributed by atoms with Gasteiger partial charge in [-0.1, -0.05) is 31.2 Å². The number of urea groups is 1. The number of likely N-dealkylation sites (N-methyl/N-ethyl adjacent to an activating group) is 1. The van der Waals surface area contributed by atoms with Crippen molar-refractivity contribution >= 4 is 23.5 Å². The molecular weight excluding hydrogens is 582 g/mol. The highest BCUT2D eigenvalue weighted by Crippen LogP contribution is 2.38. The number of amidine groups is 1. The average molecular weight is 628 g/mol. The first-order valence-electron chi connectivity index (χ1n) is 16.0. The van der Waals surface area contributed by atoms with Crippen LogP contribution in [0.1, 0.15) is 68.7 Å². The van der Waals surface area contributed by atoms with Gasteiger partial charge in [0, 0.05) is 25.3 Å². The van der Waals surface area contributed by atoms with Crippen molar-refractivity contribution in [1.82, 2.24) is 35.2 Å². The summed E-state index contributed by atoms with van der Waals surface area (Å²) in [4.78, 5) is 19.9. The van der Waals surface area contributed by atoms with Crippen LogP contribution in [0.25, 0.3) is 0 Å². The van der Waals surface area contributed by atoms with Crippen molar-refractivity contribution in [2.75, 3.05) is 26.7 Å². The Balaban J connectivity index is 1.28. The molecule has 244 valence electrons. The number of ether oxygens (including phenoxy) is 1. The number of benzene rings is 1. The molecular formula is C33H45N11O2. The van der Waals surface area contributed by atoms with E-state index in [1.54, 1.807) is 39.9 Å². The fourth-order valence-electron chi connectivity index (χ4n) is 5.75. The Hall–Kier alpha value is -4.91. The zero-order valence-electron chi connectivity index (χ0n) is 26.6. The molecule has 2 aliphatic rings. The molecule has 1 aliphatic heterocycles. The second-order valence-corrected chi connectivity index (χ2v) is 11.6. The summed E-state index contributed by atoms with van der Waals surface area (Å²) in [5.74, 6) is 1.23. The van der Waals surface area contributed by atoms with Crippen LogP contribution in [0.4, 0.5) is 10.5 Å². The molecule has 0 spiro atoms. The standard InChI is InChI=1S/C33H45N11O2/c1-3-23(34)19-31(39-24-20-38-43(21-24)18-15-37-2)41-33(45)40-28-12-13-29(27-10-6-5-9-26(27)28)46-25-11-14-30(35)44(22-25)32(36)42-16-7-4-8-17-42/h5-6,9-11,14,19-22,28-29,35-37H,3-4,7-8,12-13,15-18,34H2,1-2H3,(H2,39,40,41,45)/t28?,29-/m1/s1. The van der Waals surface area contributed by atoms with Gasteiger partial charge in [0.15, 0.2) is 0 Å². The lowest BCUT2D eigenvalue weighted by Crippen LogP contribution is -2.43. The van der Waals surface area contributed by atoms with Crippen LogP contribution in [0.5, 0.6) is 5.75 Å². The maximum absolute atomic E-state index is 13.3. The summed E-state index contributed by atoms with van der Waals surface area (Å²) in [5, 5.41) is 30.5. The van der Waals surface area contributed by atoms with E-state index in [2.05, 4.69) is 26.0 Å². The van der Waals surface area contributed by atoms with E-state index in [0.717, 1.165) is 43.6 Å². The Morgan fingerprint density at radius 2 is 1.91 bits per heavy atom. The zero-order chi connectivity index (χ0) is 32.5. The first kappa shape index (κ1) is 32.5. The minimum absolute atomic E-state index is 0.234. The van der Waals surface area contributed by atoms with Gasteiger partial charge in [-0.05, 0) is 74.9 Å². The second kappa shape index (κ2) is 15.4. The van der Waals surface area contributed by atoms with Crippen molar-refractivity contribution < 1.29 is 9.53 Å². The average Bonchev–Trinajstić information content (AvgIpc) is 3.52. The molecule has 1 aliphatic carbocycles. The summed E-state index contributed by atoms with van der Waals surface area (Å²) in [6.07, 6.45) is 11.9. The summed E-state index contributed by atoms with van der Waals surface area (Å²) in [6, 6.07) is 10.8. The molecule has 3 heterocycles. The lowest BCUT2D eigenvalue weighted by atomic mass is 9.85. The fourth-order valence-corrected chi connectivity index (χ4v) is 5.75. The van der Waals surface area contributed by atoms with Crippen molar-refractivity contribution in [1.29, 1.82) is 10.8 Å². The summed E-state index contributed by atoms with van der Waals surface area (Å²) in [7, 11) is 1.89. The number of fused-ring (bicyclic) bond motifs is 1. The first-order valence-corrected chi connectivity index (χ1v) is 16.0. The molecule has 1 fully saturated rings. The number of rotatable bonds is 9. The van der Waals surface area contributed by atoms with Gasteiger partial charge >= 0.3 is 6.03 Å². The lowest BCUT2D eigenvalue weighted by molar-refractivity contribution is 0.171. The second-order valence-electron chi connectivity index (χ2n) is 11.6. The molecule has 46 heavy (non-hydrogen) atoms. The van der Waals surface area contributed by atoms with Crippen LogP contribution in [0.3, 0.4) is 0 Å². The molecule has 3 aromatic rings. The molecule has 5 rings (SSSR count). The van der Waals surface area contributed by atoms with Gasteiger partial charge in [0.05, 0.1) is 31.2 Å². The van der Waals surface area contributed by atoms with E-state index < -0.39 is 0 Å². The van der Waals surface area contributed by atoms with Gasteiger partial charge < -0.3 is 26.0 Å². The van der Waals surface area contributed by atoms with Gasteiger partial charge in [-0.15, -0.1) is 0 Å². The van der Waals surface area contributed by atoms with E-state index in [-0.39, 0.29) is 23.7 Å². The number of piperidine rings is 1. The van der Waals surface area contributed by atoms with E-state index >= 15 is 0 Å². The first-order chi connectivity index (χ1) is 22.3. The Morgan fingerprint density at radius 3 is 2.67 bits per heavy atom. The van der Waals surface area contributed by atoms with E-state index in [1.165, 1.54) is 6.42 Å². The number of allylic oxidation sites excluding steroid dienone is 1. The number of carbonyl (C=O) groups excluding carboxylic acids is 1. The molecule has 1 aromatic carbocycles. The highest BCUT2D eigenvalue weighted by molar-refractivity contribution is 6.05. The number of nitrogens with zero attached hydrogens (tertiary/aromatic N) is 5. The quantitative estimate of drug-likeness (QED) is 0.155. The van der Waals surface area contributed by atoms with E-state index in [9.17, 15) is 4.79 Å². The smallest absolute Gasteiger partial charge is 0.320 e. The van der Waals surface area contributed by atoms with Crippen molar-refractivity contribution in [3.8, 4) is 5.75 Å². The number of hydrogen-bond acceptors (Lipinski definition) is 8. The number of pyridine rings is 1. The van der Waals surface area contributed by atoms with Crippen LogP contribution in [0, 0.1) is 10.8 Å². The topological polar surface area (TPSA) is 174 Å². The Morgan fingerprint density at radius 1 is 1.13 bits per heavy atom. The number of aromatic nitrogens is 3. The predicted octanol–water partition coefficient (Wildman–Crippen LogP) is 3.89. The molecule has 1 saturated heterocycles. The van der Waals surface area contributed by atoms with Crippen LogP contribution in [0.2, 0.25) is 0 Å². The lowest BCUT2D eigenvalue weighted by Gasteiger charge is -2.33. The van der Waals surface area contributed by atoms with Crippen molar-refractivity contribution in [2.24, 2.45) is 10.7 Å². The van der Waals surface area contributed by atoms with E-state index in [4.69, 9.17) is 21.3 Å². The molecule has 0 saturated carbocycles. The molecule has 1 unspecified atom stereocenters. The number of likely N-dealkylation sites (tertiary alicyclic amines) is 1. The van der Waals surface area contributed by atoms with Gasteiger partial charge in [-0.2, -0.15) is 5.10 Å². The third kappa shape index (κ3) is 8.21. The van der Waals surface area contributed by atoms with Crippen LogP contribution in [-0.4, -0.2) is 63.8 Å². The number of carbonyl (C=O) groups is 1. The monoisotopic (exact) mass is 627 g/mol. The maximum Gasteiger partial charge on any atom is 0.320 e. The van der Waals surface area contributed by atoms with Crippen molar-refractivity contribution in [3.05, 3.63) is 83.4 Å². The largest absolute Gasteiger partial charge is 0.484 e. The normalized spacial score (nSPS) is 18.5. The third-order valence-electron chi connectivity index (χ3n) is 8.26. The minimum Gasteiger partial charge on any atom is -0.484 e. The van der Waals surface area contributed by atoms with E-state index in [1.807, 2.05) is 49.3 Å². The Kier molecular flexibility index (Phi) is 10.9. The maximum atomic E-state index is 13.3. The summed E-state index contributed by atoms with van der Waals surface area (Å²) in [5.41, 5.74) is 9.53. The minimum atomic E-state index is -0.385. The van der Waals surface area contributed by atoms with Gasteiger partial charge in [0.2, 0.25) is 5.96 Å². The molecule has 2 amide bonds. The fraction of sp³-hybridized carbons (Fsp3) is 0.424. The van der Waals surface area contributed by atoms with Gasteiger partial charge in [0.25, 0.3) is 0 Å². The third-order valence-corrected chi connectivity index (χ3v) is 8.26. The summed E-state index contributed by atoms with van der Waals surface area (Å²) in [6.45, 7) is 5.07. The highest BCUT2D eigenvalue weighted by Gasteiger charge is 2.30. The molecule has 13 nitrogen and oxygen atoms in total. The number of aliphatic imine (C=N–C) groups is 1. The predicted molar refractivity (Wildman–Crippen MR) is 178 cm³/mol. The molecule has 0 bridgehead atoms. The summed E-state index contributed by atoms with van der Waals surface area (Å²) < 4.78 is 9.85. The number of nitrogens with two attached hydrogens (primary N) is 1. The number of hydrogen-bond donors (Lipinski definition) is 6. The van der Waals surface area contributed by atoms with Crippen LogP contribution in [-0.2, 0) is 6.54 Å². The number of nitrogens with one attached hydrogen (secondary N) is 5. The highest BCUT2D eigenvalue weighted by atomic mass is 16.5. The van der Waals surface area contributed by atoms with Crippen LogP contribution >= 0.6 is 0 Å². The van der Waals surface area contributed by atoms with Crippen LogP contribution in [0.15, 0.2) is 71.8 Å². The zero-order valence-corrected chi connectivity index (χ0v) is 26.6. The molecule has 13 heteroatoms. The van der Waals surface area contributed by atoms with E-state index in [0.29, 0.717) is 54.7 Å². The molecule has 0 radical (unpaired) electrons. The Bertz CT molecular complexity index is 1630. The van der Waals surface area contributed by atoms with Gasteiger partial charge in [-0.3, -0.25) is 25.4 Å². The van der Waals surface area contributed by atoms with Crippen molar-refractivity contribution in [2.45, 2.75) is 64.1 Å². The summed E-state index contributed by atoms with van der Waals surface area (Å²) >= 11 is 0. The van der Waals surface area contributed by atoms with Crippen LogP contribution < -0.4 is 31.9 Å². The van der Waals surface area contributed by atoms with Crippen molar-refractivity contribution in [3.63, 3.8) is 0 Å². The van der Waals surface area contributed by atoms with Gasteiger partial charge in [-0.25, -0.2) is 9.79 Å². The Labute approximate surface area is 269 Å².